The van der Waals surface area contributed by atoms with E-state index < -0.39 is 0 Å². The van der Waals surface area contributed by atoms with Crippen molar-refractivity contribution in [2.45, 2.75) is 37.0 Å². The van der Waals surface area contributed by atoms with Crippen LogP contribution in [0.4, 0.5) is 0 Å². The van der Waals surface area contributed by atoms with Crippen molar-refractivity contribution in [1.82, 2.24) is 0 Å². The van der Waals surface area contributed by atoms with Gasteiger partial charge in [-0.05, 0) is 53.7 Å². The molecule has 1 aliphatic carbocycles. The minimum atomic E-state index is 0.604. The standard InChI is InChI=1S/C24H24/c1-4-10-19(11-5-1)22-16-17-23(20-12-6-2-7-13-20)24(18-22)21-14-8-3-9-15-21/h1-15,22-24H,16-18H2/t22-,23-,24+/m1/s1. The number of hydrogen-bond donors (Lipinski definition) is 0. The van der Waals surface area contributed by atoms with Crippen LogP contribution in [0.1, 0.15) is 53.7 Å². The lowest BCUT2D eigenvalue weighted by Crippen LogP contribution is -2.21. The summed E-state index contributed by atoms with van der Waals surface area (Å²) < 4.78 is 0. The lowest BCUT2D eigenvalue weighted by Gasteiger charge is -2.37. The Labute approximate surface area is 145 Å². The van der Waals surface area contributed by atoms with Crippen molar-refractivity contribution >= 4 is 0 Å². The second-order valence-electron chi connectivity index (χ2n) is 6.96. The summed E-state index contributed by atoms with van der Waals surface area (Å²) in [6, 6.07) is 33.3. The van der Waals surface area contributed by atoms with E-state index in [0.717, 1.165) is 0 Å². The van der Waals surface area contributed by atoms with E-state index in [1.807, 2.05) is 0 Å². The van der Waals surface area contributed by atoms with Gasteiger partial charge in [0, 0.05) is 0 Å². The third kappa shape index (κ3) is 3.14. The van der Waals surface area contributed by atoms with Crippen molar-refractivity contribution in [3.63, 3.8) is 0 Å². The van der Waals surface area contributed by atoms with Crippen LogP contribution in [0.25, 0.3) is 0 Å². The molecule has 0 nitrogen and oxygen atoms in total. The Balaban J connectivity index is 1.67. The molecule has 0 amide bonds. The Hall–Kier alpha value is -2.34. The quantitative estimate of drug-likeness (QED) is 0.516. The van der Waals surface area contributed by atoms with Gasteiger partial charge in [-0.2, -0.15) is 0 Å². The van der Waals surface area contributed by atoms with Crippen LogP contribution in [0.2, 0.25) is 0 Å². The molecule has 4 rings (SSSR count). The zero-order valence-corrected chi connectivity index (χ0v) is 14.0. The SMILES string of the molecule is c1ccc([C@@H]2CC[C@H](c3ccccc3)[C@H](c3ccccc3)C2)cc1. The Morgan fingerprint density at radius 1 is 0.458 bits per heavy atom. The molecule has 1 fully saturated rings. The molecule has 0 unspecified atom stereocenters. The summed E-state index contributed by atoms with van der Waals surface area (Å²) in [6.45, 7) is 0. The van der Waals surface area contributed by atoms with Crippen molar-refractivity contribution in [2.75, 3.05) is 0 Å². The van der Waals surface area contributed by atoms with Gasteiger partial charge in [-0.25, -0.2) is 0 Å². The van der Waals surface area contributed by atoms with E-state index in [1.165, 1.54) is 36.0 Å². The van der Waals surface area contributed by atoms with E-state index in [9.17, 15) is 0 Å². The molecule has 0 N–H and O–H groups in total. The third-order valence-electron chi connectivity index (χ3n) is 5.58. The smallest absolute Gasteiger partial charge is 0.00873 e. The third-order valence-corrected chi connectivity index (χ3v) is 5.58. The van der Waals surface area contributed by atoms with Crippen molar-refractivity contribution in [3.8, 4) is 0 Å². The second kappa shape index (κ2) is 7.05. The summed E-state index contributed by atoms with van der Waals surface area (Å²) in [6.07, 6.45) is 3.80. The van der Waals surface area contributed by atoms with Gasteiger partial charge in [-0.3, -0.25) is 0 Å². The van der Waals surface area contributed by atoms with Crippen LogP contribution >= 0.6 is 0 Å². The fourth-order valence-electron chi connectivity index (χ4n) is 4.37. The van der Waals surface area contributed by atoms with E-state index in [2.05, 4.69) is 91.0 Å². The first-order chi connectivity index (χ1) is 11.9. The second-order valence-corrected chi connectivity index (χ2v) is 6.96. The molecule has 0 heterocycles. The van der Waals surface area contributed by atoms with Gasteiger partial charge < -0.3 is 0 Å². The van der Waals surface area contributed by atoms with E-state index in [-0.39, 0.29) is 0 Å². The Bertz CT molecular complexity index is 746. The molecule has 120 valence electrons. The van der Waals surface area contributed by atoms with E-state index in [0.29, 0.717) is 17.8 Å². The van der Waals surface area contributed by atoms with Gasteiger partial charge in [0.15, 0.2) is 0 Å². The molecule has 3 aromatic rings. The highest BCUT2D eigenvalue weighted by Gasteiger charge is 2.32. The highest BCUT2D eigenvalue weighted by Crippen LogP contribution is 2.49. The van der Waals surface area contributed by atoms with Gasteiger partial charge in [0.05, 0.1) is 0 Å². The zero-order valence-electron chi connectivity index (χ0n) is 14.0. The first-order valence-electron chi connectivity index (χ1n) is 9.06. The fourth-order valence-corrected chi connectivity index (χ4v) is 4.37. The highest BCUT2D eigenvalue weighted by atomic mass is 14.4. The Morgan fingerprint density at radius 2 is 0.917 bits per heavy atom. The summed E-state index contributed by atoms with van der Waals surface area (Å²) in [5.74, 6) is 1.91. The van der Waals surface area contributed by atoms with Crippen molar-refractivity contribution in [3.05, 3.63) is 108 Å². The summed E-state index contributed by atoms with van der Waals surface area (Å²) in [4.78, 5) is 0. The first kappa shape index (κ1) is 15.2. The predicted molar refractivity (Wildman–Crippen MR) is 101 cm³/mol. The summed E-state index contributed by atoms with van der Waals surface area (Å²) in [5, 5.41) is 0. The average Bonchev–Trinajstić information content (AvgIpc) is 2.69. The number of rotatable bonds is 3. The molecule has 1 saturated carbocycles. The number of hydrogen-bond acceptors (Lipinski definition) is 0. The van der Waals surface area contributed by atoms with Crippen LogP contribution in [0.3, 0.4) is 0 Å². The molecule has 0 bridgehead atoms. The predicted octanol–water partition coefficient (Wildman–Crippen LogP) is 6.52. The maximum atomic E-state index is 2.31. The topological polar surface area (TPSA) is 0 Å². The van der Waals surface area contributed by atoms with E-state index in [4.69, 9.17) is 0 Å². The molecule has 0 aromatic heterocycles. The summed E-state index contributed by atoms with van der Waals surface area (Å²) >= 11 is 0. The van der Waals surface area contributed by atoms with Crippen LogP contribution < -0.4 is 0 Å². The van der Waals surface area contributed by atoms with Crippen LogP contribution in [0.5, 0.6) is 0 Å². The molecular formula is C24H24. The maximum absolute atomic E-state index is 2.31. The average molecular weight is 312 g/mol. The zero-order chi connectivity index (χ0) is 16.2. The molecule has 0 aliphatic heterocycles. The largest absolute Gasteiger partial charge is 0.0622 e. The molecule has 0 saturated heterocycles. The lowest BCUT2D eigenvalue weighted by atomic mass is 9.67. The minimum Gasteiger partial charge on any atom is -0.0622 e. The Kier molecular flexibility index (Phi) is 4.46. The molecule has 0 heteroatoms. The van der Waals surface area contributed by atoms with Gasteiger partial charge >= 0.3 is 0 Å². The molecule has 3 aromatic carbocycles. The van der Waals surface area contributed by atoms with Crippen molar-refractivity contribution < 1.29 is 0 Å². The van der Waals surface area contributed by atoms with E-state index in [1.54, 1.807) is 0 Å². The van der Waals surface area contributed by atoms with Crippen LogP contribution in [-0.4, -0.2) is 0 Å². The molecule has 0 radical (unpaired) electrons. The molecular weight excluding hydrogens is 288 g/mol. The Morgan fingerprint density at radius 3 is 1.46 bits per heavy atom. The summed E-state index contributed by atoms with van der Waals surface area (Å²) in [5.41, 5.74) is 4.50. The van der Waals surface area contributed by atoms with Gasteiger partial charge in [0.2, 0.25) is 0 Å². The molecule has 1 aliphatic rings. The molecule has 3 atom stereocenters. The minimum absolute atomic E-state index is 0.604. The van der Waals surface area contributed by atoms with Crippen molar-refractivity contribution in [2.24, 2.45) is 0 Å². The van der Waals surface area contributed by atoms with Gasteiger partial charge in [0.1, 0.15) is 0 Å². The molecule has 0 spiro atoms. The van der Waals surface area contributed by atoms with Crippen LogP contribution in [0.15, 0.2) is 91.0 Å². The number of benzene rings is 3. The van der Waals surface area contributed by atoms with Gasteiger partial charge in [-0.1, -0.05) is 91.0 Å². The summed E-state index contributed by atoms with van der Waals surface area (Å²) in [7, 11) is 0. The van der Waals surface area contributed by atoms with E-state index >= 15 is 0 Å². The first-order valence-corrected chi connectivity index (χ1v) is 9.06. The highest BCUT2D eigenvalue weighted by molar-refractivity contribution is 5.32. The van der Waals surface area contributed by atoms with Gasteiger partial charge in [0.25, 0.3) is 0 Å². The monoisotopic (exact) mass is 312 g/mol. The van der Waals surface area contributed by atoms with Crippen LogP contribution in [-0.2, 0) is 0 Å². The molecule has 24 heavy (non-hydrogen) atoms. The maximum Gasteiger partial charge on any atom is -0.00873 e. The van der Waals surface area contributed by atoms with Crippen molar-refractivity contribution in [1.29, 1.82) is 0 Å². The van der Waals surface area contributed by atoms with Gasteiger partial charge in [-0.15, -0.1) is 0 Å². The fraction of sp³-hybridized carbons (Fsp3) is 0.250. The lowest BCUT2D eigenvalue weighted by molar-refractivity contribution is 0.347. The van der Waals surface area contributed by atoms with Crippen LogP contribution in [0, 0.1) is 0 Å². The normalized spacial score (nSPS) is 23.8.